The van der Waals surface area contributed by atoms with Crippen LogP contribution in [-0.4, -0.2) is 12.6 Å². The number of rotatable bonds is 24. The molecule has 3 aromatic carbocycles. The van der Waals surface area contributed by atoms with E-state index in [4.69, 9.17) is 0 Å². The summed E-state index contributed by atoms with van der Waals surface area (Å²) >= 11 is 0. The van der Waals surface area contributed by atoms with E-state index >= 15 is 0 Å². The van der Waals surface area contributed by atoms with Crippen molar-refractivity contribution >= 4 is 0 Å². The molecule has 330 valence electrons. The van der Waals surface area contributed by atoms with Gasteiger partial charge in [0, 0.05) is 29.9 Å². The van der Waals surface area contributed by atoms with E-state index in [1.165, 1.54) is 109 Å². The van der Waals surface area contributed by atoms with Crippen LogP contribution in [0.3, 0.4) is 0 Å². The number of hydrogen-bond donors (Lipinski definition) is 2. The van der Waals surface area contributed by atoms with Gasteiger partial charge in [-0.05, 0) is 160 Å². The van der Waals surface area contributed by atoms with Crippen molar-refractivity contribution in [2.75, 3.05) is 6.54 Å². The number of aryl methyl sites for hydroxylation is 2. The summed E-state index contributed by atoms with van der Waals surface area (Å²) in [6, 6.07) is 26.2. The molecule has 0 heterocycles. The minimum Gasteiger partial charge on any atom is -0.388 e. The van der Waals surface area contributed by atoms with E-state index in [9.17, 15) is 0 Å². The maximum absolute atomic E-state index is 4.63. The van der Waals surface area contributed by atoms with Crippen molar-refractivity contribution < 1.29 is 0 Å². The van der Waals surface area contributed by atoms with E-state index < -0.39 is 0 Å². The Morgan fingerprint density at radius 3 is 2.23 bits per heavy atom. The summed E-state index contributed by atoms with van der Waals surface area (Å²) in [6.07, 6.45) is 24.0. The molecule has 2 N–H and O–H groups in total. The summed E-state index contributed by atoms with van der Waals surface area (Å²) in [5, 5.41) is 7.48. The van der Waals surface area contributed by atoms with Gasteiger partial charge >= 0.3 is 0 Å². The Kier molecular flexibility index (Phi) is 18.9. The van der Waals surface area contributed by atoms with Crippen molar-refractivity contribution in [1.29, 1.82) is 0 Å². The predicted octanol–water partition coefficient (Wildman–Crippen LogP) is 16.0. The highest BCUT2D eigenvalue weighted by Crippen LogP contribution is 2.38. The first kappa shape index (κ1) is 48.0. The molecule has 2 heteroatoms. The van der Waals surface area contributed by atoms with Gasteiger partial charge in [0.05, 0.1) is 0 Å². The Bertz CT molecular complexity index is 1950. The Morgan fingerprint density at radius 1 is 0.803 bits per heavy atom. The van der Waals surface area contributed by atoms with Gasteiger partial charge in [-0.3, -0.25) is 0 Å². The third-order valence-corrected chi connectivity index (χ3v) is 14.7. The maximum atomic E-state index is 4.63. The van der Waals surface area contributed by atoms with Crippen molar-refractivity contribution in [3.05, 3.63) is 154 Å². The molecule has 3 aromatic rings. The van der Waals surface area contributed by atoms with Gasteiger partial charge in [0.2, 0.25) is 0 Å². The van der Waals surface area contributed by atoms with Gasteiger partial charge in [0.1, 0.15) is 0 Å². The molecule has 0 saturated heterocycles. The van der Waals surface area contributed by atoms with Gasteiger partial charge in [-0.15, -0.1) is 0 Å². The first-order valence-electron chi connectivity index (χ1n) is 24.6. The Labute approximate surface area is 374 Å². The van der Waals surface area contributed by atoms with Crippen LogP contribution >= 0.6 is 0 Å². The predicted molar refractivity (Wildman–Crippen MR) is 268 cm³/mol. The molecule has 5 rings (SSSR count). The van der Waals surface area contributed by atoms with Crippen LogP contribution in [0.2, 0.25) is 0 Å². The third-order valence-electron chi connectivity index (χ3n) is 14.7. The molecule has 0 fully saturated rings. The van der Waals surface area contributed by atoms with Crippen molar-refractivity contribution in [3.8, 4) is 11.1 Å². The average molecular weight is 821 g/mol. The number of nitrogens with one attached hydrogen (secondary N) is 2. The largest absolute Gasteiger partial charge is 0.388 e. The van der Waals surface area contributed by atoms with Gasteiger partial charge in [-0.25, -0.2) is 0 Å². The topological polar surface area (TPSA) is 24.1 Å². The first-order chi connectivity index (χ1) is 29.4. The molecule has 0 aliphatic heterocycles. The zero-order valence-corrected chi connectivity index (χ0v) is 40.1. The summed E-state index contributed by atoms with van der Waals surface area (Å²) in [5.74, 6) is 3.63. The molecule has 0 saturated carbocycles. The lowest BCUT2D eigenvalue weighted by atomic mass is 9.74. The van der Waals surface area contributed by atoms with Crippen molar-refractivity contribution in [2.45, 2.75) is 164 Å². The SMILES string of the molecule is C=C(C)NC(C)C(CC1=CCC(C)C(C(=C)NCCc2cccc(-c3cc(C(C)CCC(C)C4=CC=C(Cc5ccc(CCC)cc5)CC4)ccc3C)c2)C1)CC(CC)CC. The summed E-state index contributed by atoms with van der Waals surface area (Å²) in [5.41, 5.74) is 16.9. The highest BCUT2D eigenvalue weighted by molar-refractivity contribution is 5.69. The Balaban J connectivity index is 1.12. The van der Waals surface area contributed by atoms with Crippen LogP contribution in [0.4, 0.5) is 0 Å². The molecule has 0 radical (unpaired) electrons. The number of hydrogen-bond acceptors (Lipinski definition) is 2. The standard InChI is InChI=1S/C59H84N2/c1-12-16-49-24-26-51(27-25-49)35-52-28-31-54(32-29-52)42(6)19-20-43(7)55-30-22-45(9)59(40-55)56-18-15-17-50(37-56)33-34-60-47(11)58-39-53(23-21-44(58)8)38-57(36-48(13-2)14-3)46(10)61-41(4)5/h15,17-18,22-28,30-31,37,40,42-44,46,48,57-58,60-61H,4,11-14,16,19-21,29,32-36,38-39H2,1-3,5-10H3. The summed E-state index contributed by atoms with van der Waals surface area (Å²) in [4.78, 5) is 0. The first-order valence-corrected chi connectivity index (χ1v) is 24.6. The molecule has 0 spiro atoms. The molecule has 61 heavy (non-hydrogen) atoms. The molecule has 0 amide bonds. The molecular weight excluding hydrogens is 737 g/mol. The van der Waals surface area contributed by atoms with Crippen LogP contribution in [0.1, 0.15) is 160 Å². The molecule has 2 aliphatic rings. The molecule has 0 aromatic heterocycles. The minimum absolute atomic E-state index is 0.430. The lowest BCUT2D eigenvalue weighted by molar-refractivity contribution is 0.285. The van der Waals surface area contributed by atoms with Gasteiger partial charge in [-0.1, -0.05) is 176 Å². The quantitative estimate of drug-likeness (QED) is 0.0880. The fourth-order valence-corrected chi connectivity index (χ4v) is 10.2. The molecule has 0 bridgehead atoms. The monoisotopic (exact) mass is 821 g/mol. The molecule has 6 unspecified atom stereocenters. The lowest BCUT2D eigenvalue weighted by Crippen LogP contribution is -2.34. The molecule has 2 nitrogen and oxygen atoms in total. The number of allylic oxidation sites excluding steroid dienone is 8. The fourth-order valence-electron chi connectivity index (χ4n) is 10.2. The second kappa shape index (κ2) is 24.0. The maximum Gasteiger partial charge on any atom is 0.0261 e. The lowest BCUT2D eigenvalue weighted by Gasteiger charge is -2.35. The van der Waals surface area contributed by atoms with Crippen LogP contribution < -0.4 is 10.6 Å². The minimum atomic E-state index is 0.430. The van der Waals surface area contributed by atoms with Gasteiger partial charge < -0.3 is 10.6 Å². The Morgan fingerprint density at radius 2 is 1.54 bits per heavy atom. The highest BCUT2D eigenvalue weighted by Gasteiger charge is 2.28. The van der Waals surface area contributed by atoms with E-state index in [0.29, 0.717) is 35.6 Å². The second-order valence-electron chi connectivity index (χ2n) is 19.6. The van der Waals surface area contributed by atoms with E-state index in [-0.39, 0.29) is 0 Å². The van der Waals surface area contributed by atoms with Gasteiger partial charge in [0.15, 0.2) is 0 Å². The van der Waals surface area contributed by atoms with Crippen LogP contribution in [0, 0.1) is 36.5 Å². The third kappa shape index (κ3) is 14.5. The highest BCUT2D eigenvalue weighted by atomic mass is 14.9. The molecule has 6 atom stereocenters. The molecular formula is C59H84N2. The summed E-state index contributed by atoms with van der Waals surface area (Å²) in [7, 11) is 0. The summed E-state index contributed by atoms with van der Waals surface area (Å²) in [6.45, 7) is 30.7. The Hall–Kier alpha value is -4.04. The normalized spacial score (nSPS) is 18.7. The van der Waals surface area contributed by atoms with Crippen LogP contribution in [0.5, 0.6) is 0 Å². The number of benzene rings is 3. The van der Waals surface area contributed by atoms with Crippen LogP contribution in [0.15, 0.2) is 126 Å². The van der Waals surface area contributed by atoms with E-state index in [0.717, 1.165) is 43.8 Å². The zero-order valence-electron chi connectivity index (χ0n) is 40.1. The van der Waals surface area contributed by atoms with Gasteiger partial charge in [-0.2, -0.15) is 0 Å². The van der Waals surface area contributed by atoms with E-state index in [1.54, 1.807) is 16.7 Å². The average Bonchev–Trinajstić information content (AvgIpc) is 3.25. The van der Waals surface area contributed by atoms with Gasteiger partial charge in [0.25, 0.3) is 0 Å². The zero-order chi connectivity index (χ0) is 43.9. The smallest absolute Gasteiger partial charge is 0.0261 e. The molecule has 2 aliphatic carbocycles. The summed E-state index contributed by atoms with van der Waals surface area (Å²) < 4.78 is 0. The van der Waals surface area contributed by atoms with Crippen molar-refractivity contribution in [2.24, 2.45) is 29.6 Å². The van der Waals surface area contributed by atoms with Crippen LogP contribution in [0.25, 0.3) is 11.1 Å². The second-order valence-corrected chi connectivity index (χ2v) is 19.6. The van der Waals surface area contributed by atoms with E-state index in [1.807, 2.05) is 0 Å². The fraction of sp³-hybridized carbons (Fsp3) is 0.525. The van der Waals surface area contributed by atoms with Crippen molar-refractivity contribution in [3.63, 3.8) is 0 Å². The van der Waals surface area contributed by atoms with E-state index in [2.05, 4.69) is 171 Å². The van der Waals surface area contributed by atoms with Crippen LogP contribution in [-0.2, 0) is 19.3 Å². The van der Waals surface area contributed by atoms with Crippen molar-refractivity contribution in [1.82, 2.24) is 10.6 Å².